The third-order valence-electron chi connectivity index (χ3n) is 2.17. The molecule has 0 bridgehead atoms. The zero-order chi connectivity index (χ0) is 13.6. The molecule has 1 rings (SSSR count). The molecule has 0 spiro atoms. The minimum absolute atomic E-state index is 0.152. The number of methoxy groups -OCH3 is 1. The lowest BCUT2D eigenvalue weighted by Crippen LogP contribution is -2.12. The maximum atomic E-state index is 8.36. The highest BCUT2D eigenvalue weighted by atomic mass is 16.9. The van der Waals surface area contributed by atoms with Crippen molar-refractivity contribution in [2.24, 2.45) is 0 Å². The summed E-state index contributed by atoms with van der Waals surface area (Å²) in [6.07, 6.45) is 0. The standard InChI is InChI=1S/C12H18O.HNO3/c1-9-6-7-10(12(2,3)4)11(8-9)13-5;2-1(3)4/h6-8H,1-5H3;(H,2,3,4). The van der Waals surface area contributed by atoms with Gasteiger partial charge in [-0.1, -0.05) is 32.9 Å². The van der Waals surface area contributed by atoms with Gasteiger partial charge < -0.3 is 9.94 Å². The van der Waals surface area contributed by atoms with E-state index in [4.69, 9.17) is 20.1 Å². The molecule has 0 radical (unpaired) electrons. The van der Waals surface area contributed by atoms with Crippen LogP contribution in [0.3, 0.4) is 0 Å². The molecule has 0 aliphatic rings. The van der Waals surface area contributed by atoms with E-state index in [0.29, 0.717) is 0 Å². The number of aryl methyl sites for hydroxylation is 1. The van der Waals surface area contributed by atoms with Crippen molar-refractivity contribution in [2.75, 3.05) is 7.11 Å². The van der Waals surface area contributed by atoms with Crippen molar-refractivity contribution in [1.82, 2.24) is 0 Å². The van der Waals surface area contributed by atoms with Crippen molar-refractivity contribution in [2.45, 2.75) is 33.1 Å². The monoisotopic (exact) mass is 241 g/mol. The number of rotatable bonds is 1. The molecule has 1 aromatic carbocycles. The molecule has 1 aromatic rings. The maximum absolute atomic E-state index is 8.36. The maximum Gasteiger partial charge on any atom is 0.291 e. The van der Waals surface area contributed by atoms with Crippen molar-refractivity contribution in [3.63, 3.8) is 0 Å². The Hall–Kier alpha value is -1.78. The highest BCUT2D eigenvalue weighted by Crippen LogP contribution is 2.31. The number of benzene rings is 1. The molecule has 0 aliphatic carbocycles. The van der Waals surface area contributed by atoms with E-state index in [2.05, 4.69) is 45.9 Å². The molecule has 5 heteroatoms. The van der Waals surface area contributed by atoms with Gasteiger partial charge in [0.05, 0.1) is 7.11 Å². The fraction of sp³-hybridized carbons (Fsp3) is 0.500. The van der Waals surface area contributed by atoms with Crippen LogP contribution in [0.1, 0.15) is 31.9 Å². The normalized spacial score (nSPS) is 10.2. The number of hydrogen-bond donors (Lipinski definition) is 1. The Morgan fingerprint density at radius 2 is 1.82 bits per heavy atom. The number of ether oxygens (including phenoxy) is 1. The fourth-order valence-electron chi connectivity index (χ4n) is 1.42. The van der Waals surface area contributed by atoms with Crippen molar-refractivity contribution in [3.8, 4) is 5.75 Å². The largest absolute Gasteiger partial charge is 0.496 e. The molecule has 0 fully saturated rings. The van der Waals surface area contributed by atoms with Gasteiger partial charge in [0.25, 0.3) is 5.09 Å². The molecular formula is C12H19NO4. The molecule has 0 saturated heterocycles. The van der Waals surface area contributed by atoms with E-state index in [1.54, 1.807) is 7.11 Å². The zero-order valence-electron chi connectivity index (χ0n) is 10.9. The summed E-state index contributed by atoms with van der Waals surface area (Å²) in [6.45, 7) is 8.66. The molecule has 0 saturated carbocycles. The van der Waals surface area contributed by atoms with E-state index in [1.807, 2.05) is 0 Å². The Morgan fingerprint density at radius 1 is 1.35 bits per heavy atom. The van der Waals surface area contributed by atoms with Crippen LogP contribution in [0.2, 0.25) is 0 Å². The molecule has 0 aromatic heterocycles. The first-order chi connectivity index (χ1) is 7.68. The van der Waals surface area contributed by atoms with E-state index < -0.39 is 5.09 Å². The van der Waals surface area contributed by atoms with Gasteiger partial charge in [-0.05, 0) is 29.5 Å². The first-order valence-electron chi connectivity index (χ1n) is 5.17. The van der Waals surface area contributed by atoms with Crippen molar-refractivity contribution >= 4 is 0 Å². The van der Waals surface area contributed by atoms with Gasteiger partial charge in [0, 0.05) is 0 Å². The second-order valence-electron chi connectivity index (χ2n) is 4.69. The summed E-state index contributed by atoms with van der Waals surface area (Å²) in [4.78, 5) is 8.36. The third kappa shape index (κ3) is 5.75. The predicted molar refractivity (Wildman–Crippen MR) is 65.2 cm³/mol. The Morgan fingerprint density at radius 3 is 2.18 bits per heavy atom. The molecular weight excluding hydrogens is 222 g/mol. The van der Waals surface area contributed by atoms with Crippen molar-refractivity contribution in [3.05, 3.63) is 39.4 Å². The SMILES string of the molecule is COc1cc(C)ccc1C(C)(C)C.O=[N+]([O-])O. The molecule has 0 amide bonds. The molecule has 17 heavy (non-hydrogen) atoms. The highest BCUT2D eigenvalue weighted by molar-refractivity contribution is 5.41. The lowest BCUT2D eigenvalue weighted by atomic mass is 9.86. The van der Waals surface area contributed by atoms with Crippen LogP contribution >= 0.6 is 0 Å². The summed E-state index contributed by atoms with van der Waals surface area (Å²) in [6, 6.07) is 6.36. The summed E-state index contributed by atoms with van der Waals surface area (Å²) in [5.74, 6) is 0.993. The van der Waals surface area contributed by atoms with Crippen molar-refractivity contribution < 1.29 is 15.0 Å². The van der Waals surface area contributed by atoms with Gasteiger partial charge in [-0.2, -0.15) is 0 Å². The second kappa shape index (κ2) is 6.08. The second-order valence-corrected chi connectivity index (χ2v) is 4.69. The topological polar surface area (TPSA) is 72.6 Å². The van der Waals surface area contributed by atoms with Crippen LogP contribution in [0.25, 0.3) is 0 Å². The number of nitrogens with zero attached hydrogens (tertiary/aromatic N) is 1. The summed E-state index contributed by atoms with van der Waals surface area (Å²) in [5, 5.41) is 13.6. The van der Waals surface area contributed by atoms with Gasteiger partial charge in [0.2, 0.25) is 0 Å². The van der Waals surface area contributed by atoms with E-state index in [1.165, 1.54) is 11.1 Å². The fourth-order valence-corrected chi connectivity index (χ4v) is 1.42. The van der Waals surface area contributed by atoms with E-state index in [0.717, 1.165) is 5.75 Å². The van der Waals surface area contributed by atoms with Gasteiger partial charge in [-0.15, -0.1) is 10.1 Å². The first-order valence-corrected chi connectivity index (χ1v) is 5.17. The van der Waals surface area contributed by atoms with Crippen molar-refractivity contribution in [1.29, 1.82) is 0 Å². The predicted octanol–water partition coefficient (Wildman–Crippen LogP) is 2.95. The van der Waals surface area contributed by atoms with Crippen LogP contribution in [0, 0.1) is 17.0 Å². The van der Waals surface area contributed by atoms with Gasteiger partial charge in [-0.25, -0.2) is 0 Å². The van der Waals surface area contributed by atoms with Crippen LogP contribution in [0.4, 0.5) is 0 Å². The summed E-state index contributed by atoms with van der Waals surface area (Å²) in [5.41, 5.74) is 2.66. The van der Waals surface area contributed by atoms with E-state index in [-0.39, 0.29) is 5.41 Å². The summed E-state index contributed by atoms with van der Waals surface area (Å²) < 4.78 is 5.35. The average Bonchev–Trinajstić information content (AvgIpc) is 2.14. The van der Waals surface area contributed by atoms with Crippen LogP contribution in [-0.4, -0.2) is 17.4 Å². The molecule has 0 atom stereocenters. The smallest absolute Gasteiger partial charge is 0.291 e. The van der Waals surface area contributed by atoms with Crippen LogP contribution in [0.15, 0.2) is 18.2 Å². The molecule has 5 nitrogen and oxygen atoms in total. The Kier molecular flexibility index (Phi) is 5.44. The number of hydrogen-bond acceptors (Lipinski definition) is 3. The lowest BCUT2D eigenvalue weighted by Gasteiger charge is -2.22. The Labute approximate surface area is 101 Å². The minimum Gasteiger partial charge on any atom is -0.496 e. The molecule has 1 N–H and O–H groups in total. The van der Waals surface area contributed by atoms with E-state index >= 15 is 0 Å². The first kappa shape index (κ1) is 15.2. The third-order valence-corrected chi connectivity index (χ3v) is 2.17. The molecule has 0 heterocycles. The van der Waals surface area contributed by atoms with Gasteiger partial charge in [0.1, 0.15) is 5.75 Å². The highest BCUT2D eigenvalue weighted by Gasteiger charge is 2.18. The molecule has 0 unspecified atom stereocenters. The van der Waals surface area contributed by atoms with Crippen LogP contribution < -0.4 is 4.74 Å². The summed E-state index contributed by atoms with van der Waals surface area (Å²) in [7, 11) is 1.73. The average molecular weight is 241 g/mol. The van der Waals surface area contributed by atoms with Crippen LogP contribution in [-0.2, 0) is 5.41 Å². The van der Waals surface area contributed by atoms with E-state index in [9.17, 15) is 0 Å². The van der Waals surface area contributed by atoms with Gasteiger partial charge in [-0.3, -0.25) is 0 Å². The van der Waals surface area contributed by atoms with Gasteiger partial charge >= 0.3 is 0 Å². The quantitative estimate of drug-likeness (QED) is 0.606. The summed E-state index contributed by atoms with van der Waals surface area (Å²) >= 11 is 0. The molecule has 96 valence electrons. The van der Waals surface area contributed by atoms with Crippen LogP contribution in [0.5, 0.6) is 5.75 Å². The Balaban J connectivity index is 0.000000557. The minimum atomic E-state index is -1.50. The Bertz CT molecular complexity index is 379. The zero-order valence-corrected chi connectivity index (χ0v) is 10.9. The van der Waals surface area contributed by atoms with Gasteiger partial charge in [0.15, 0.2) is 0 Å². The lowest BCUT2D eigenvalue weighted by molar-refractivity contribution is -0.742. The molecule has 0 aliphatic heterocycles.